The number of hydrogen-bond acceptors (Lipinski definition) is 3. The zero-order valence-corrected chi connectivity index (χ0v) is 7.10. The van der Waals surface area contributed by atoms with E-state index in [0.29, 0.717) is 5.92 Å². The maximum Gasteiger partial charge on any atom is 0.372 e. The Balaban J connectivity index is 2.24. The molecule has 0 aliphatic heterocycles. The van der Waals surface area contributed by atoms with Gasteiger partial charge in [-0.3, -0.25) is 0 Å². The maximum absolute atomic E-state index is 10.7. The number of rotatable bonds is 3. The van der Waals surface area contributed by atoms with E-state index >= 15 is 0 Å². The standard InChI is InChI=1S/C8H11N3O2/c9-6-4-11(3-5-1-2-5)7(10-6)8(12)13/h4-5H,1-3,9H2,(H,12,13). The van der Waals surface area contributed by atoms with Gasteiger partial charge in [0.05, 0.1) is 0 Å². The van der Waals surface area contributed by atoms with E-state index in [-0.39, 0.29) is 11.6 Å². The molecule has 1 fully saturated rings. The molecule has 0 spiro atoms. The van der Waals surface area contributed by atoms with Crippen LogP contribution >= 0.6 is 0 Å². The molecule has 5 nitrogen and oxygen atoms in total. The highest BCUT2D eigenvalue weighted by molar-refractivity contribution is 5.84. The molecule has 1 aromatic rings. The molecular formula is C8H11N3O2. The molecule has 70 valence electrons. The van der Waals surface area contributed by atoms with E-state index in [4.69, 9.17) is 10.8 Å². The van der Waals surface area contributed by atoms with Crippen molar-refractivity contribution >= 4 is 11.8 Å². The van der Waals surface area contributed by atoms with Gasteiger partial charge in [-0.25, -0.2) is 9.78 Å². The molecule has 0 aromatic carbocycles. The first-order chi connectivity index (χ1) is 6.16. The molecule has 2 rings (SSSR count). The maximum atomic E-state index is 10.7. The topological polar surface area (TPSA) is 81.1 Å². The van der Waals surface area contributed by atoms with Crippen LogP contribution in [0.5, 0.6) is 0 Å². The van der Waals surface area contributed by atoms with Crippen LogP contribution in [-0.2, 0) is 6.54 Å². The summed E-state index contributed by atoms with van der Waals surface area (Å²) in [6.45, 7) is 0.728. The normalized spacial score (nSPS) is 16.0. The fourth-order valence-corrected chi connectivity index (χ4v) is 1.32. The lowest BCUT2D eigenvalue weighted by molar-refractivity contribution is 0.0678. The number of carboxylic acid groups (broad SMARTS) is 1. The molecule has 1 saturated carbocycles. The lowest BCUT2D eigenvalue weighted by atomic mass is 10.4. The Morgan fingerprint density at radius 2 is 2.46 bits per heavy atom. The number of nitrogen functional groups attached to an aromatic ring is 1. The Labute approximate surface area is 75.2 Å². The van der Waals surface area contributed by atoms with E-state index in [1.54, 1.807) is 10.8 Å². The van der Waals surface area contributed by atoms with Crippen molar-refractivity contribution in [3.63, 3.8) is 0 Å². The molecule has 1 aliphatic rings. The summed E-state index contributed by atoms with van der Waals surface area (Å²) >= 11 is 0. The summed E-state index contributed by atoms with van der Waals surface area (Å²) in [7, 11) is 0. The molecule has 1 aliphatic carbocycles. The minimum atomic E-state index is -1.02. The SMILES string of the molecule is Nc1cn(CC2CC2)c(C(=O)O)n1. The van der Waals surface area contributed by atoms with Crippen molar-refractivity contribution < 1.29 is 9.90 Å². The fourth-order valence-electron chi connectivity index (χ4n) is 1.32. The van der Waals surface area contributed by atoms with Crippen molar-refractivity contribution in [1.29, 1.82) is 0 Å². The summed E-state index contributed by atoms with van der Waals surface area (Å²) in [6, 6.07) is 0. The largest absolute Gasteiger partial charge is 0.475 e. The quantitative estimate of drug-likeness (QED) is 0.714. The summed E-state index contributed by atoms with van der Waals surface area (Å²) in [4.78, 5) is 14.4. The van der Waals surface area contributed by atoms with Crippen LogP contribution in [0.3, 0.4) is 0 Å². The Hall–Kier alpha value is -1.52. The first kappa shape index (κ1) is 8.10. The highest BCUT2D eigenvalue weighted by Gasteiger charge is 2.24. The highest BCUT2D eigenvalue weighted by Crippen LogP contribution is 2.31. The van der Waals surface area contributed by atoms with E-state index in [2.05, 4.69) is 4.98 Å². The number of imidazole rings is 1. The third-order valence-corrected chi connectivity index (χ3v) is 2.14. The summed E-state index contributed by atoms with van der Waals surface area (Å²) in [5.41, 5.74) is 5.42. The number of aromatic carboxylic acids is 1. The number of nitrogens with two attached hydrogens (primary N) is 1. The zero-order chi connectivity index (χ0) is 9.42. The third kappa shape index (κ3) is 1.63. The number of aromatic nitrogens is 2. The summed E-state index contributed by atoms with van der Waals surface area (Å²) in [5.74, 6) is -0.0773. The molecule has 0 amide bonds. The number of carboxylic acids is 1. The Kier molecular flexibility index (Phi) is 1.72. The van der Waals surface area contributed by atoms with Crippen LogP contribution in [0, 0.1) is 5.92 Å². The first-order valence-corrected chi connectivity index (χ1v) is 4.23. The smallest absolute Gasteiger partial charge is 0.372 e. The van der Waals surface area contributed by atoms with Gasteiger partial charge >= 0.3 is 5.97 Å². The van der Waals surface area contributed by atoms with Crippen LogP contribution in [0.2, 0.25) is 0 Å². The van der Waals surface area contributed by atoms with Gasteiger partial charge in [-0.2, -0.15) is 0 Å². The van der Waals surface area contributed by atoms with Crippen molar-refractivity contribution in [2.24, 2.45) is 5.92 Å². The number of carbonyl (C=O) groups is 1. The van der Waals surface area contributed by atoms with Crippen LogP contribution < -0.4 is 5.73 Å². The van der Waals surface area contributed by atoms with Crippen LogP contribution in [0.25, 0.3) is 0 Å². The van der Waals surface area contributed by atoms with Gasteiger partial charge < -0.3 is 15.4 Å². The van der Waals surface area contributed by atoms with Gasteiger partial charge in [-0.15, -0.1) is 0 Å². The Morgan fingerprint density at radius 3 is 3.00 bits per heavy atom. The first-order valence-electron chi connectivity index (χ1n) is 4.23. The molecule has 0 bridgehead atoms. The van der Waals surface area contributed by atoms with Gasteiger partial charge in [-0.05, 0) is 18.8 Å². The summed E-state index contributed by atoms with van der Waals surface area (Å²) in [6.07, 6.45) is 3.94. The van der Waals surface area contributed by atoms with Gasteiger partial charge in [0.1, 0.15) is 5.82 Å². The average molecular weight is 181 g/mol. The van der Waals surface area contributed by atoms with Gasteiger partial charge in [0.25, 0.3) is 0 Å². The van der Waals surface area contributed by atoms with Gasteiger partial charge in [0.15, 0.2) is 0 Å². The van der Waals surface area contributed by atoms with E-state index in [9.17, 15) is 4.79 Å². The molecule has 0 saturated heterocycles. The monoisotopic (exact) mass is 181 g/mol. The molecule has 5 heteroatoms. The van der Waals surface area contributed by atoms with Crippen molar-refractivity contribution in [2.75, 3.05) is 5.73 Å². The van der Waals surface area contributed by atoms with Crippen molar-refractivity contribution in [1.82, 2.24) is 9.55 Å². The predicted octanol–water partition coefficient (Wildman–Crippen LogP) is 0.574. The van der Waals surface area contributed by atoms with Crippen molar-refractivity contribution in [3.8, 4) is 0 Å². The van der Waals surface area contributed by atoms with Crippen LogP contribution in [0.4, 0.5) is 5.82 Å². The van der Waals surface area contributed by atoms with Crippen LogP contribution in [-0.4, -0.2) is 20.6 Å². The molecule has 1 heterocycles. The minimum absolute atomic E-state index is 0.0457. The van der Waals surface area contributed by atoms with E-state index in [0.717, 1.165) is 6.54 Å². The van der Waals surface area contributed by atoms with E-state index in [1.165, 1.54) is 12.8 Å². The average Bonchev–Trinajstić information content (AvgIpc) is 2.75. The molecule has 0 unspecified atom stereocenters. The lowest BCUT2D eigenvalue weighted by Gasteiger charge is -2.01. The molecule has 3 N–H and O–H groups in total. The van der Waals surface area contributed by atoms with Gasteiger partial charge in [-0.1, -0.05) is 0 Å². The minimum Gasteiger partial charge on any atom is -0.475 e. The van der Waals surface area contributed by atoms with Gasteiger partial charge in [0, 0.05) is 12.7 Å². The molecule has 13 heavy (non-hydrogen) atoms. The second-order valence-electron chi connectivity index (χ2n) is 3.39. The highest BCUT2D eigenvalue weighted by atomic mass is 16.4. The van der Waals surface area contributed by atoms with Crippen molar-refractivity contribution in [3.05, 3.63) is 12.0 Å². The number of anilines is 1. The summed E-state index contributed by atoms with van der Waals surface area (Å²) < 4.78 is 1.62. The molecular weight excluding hydrogens is 170 g/mol. The molecule has 1 aromatic heterocycles. The molecule has 0 atom stereocenters. The van der Waals surface area contributed by atoms with E-state index < -0.39 is 5.97 Å². The number of nitrogens with zero attached hydrogens (tertiary/aromatic N) is 2. The summed E-state index contributed by atoms with van der Waals surface area (Å²) in [5, 5.41) is 8.77. The Bertz CT molecular complexity index is 341. The third-order valence-electron chi connectivity index (χ3n) is 2.14. The van der Waals surface area contributed by atoms with Crippen molar-refractivity contribution in [2.45, 2.75) is 19.4 Å². The number of hydrogen-bond donors (Lipinski definition) is 2. The second-order valence-corrected chi connectivity index (χ2v) is 3.39. The zero-order valence-electron chi connectivity index (χ0n) is 7.10. The lowest BCUT2D eigenvalue weighted by Crippen LogP contribution is -2.10. The molecule has 0 radical (unpaired) electrons. The van der Waals surface area contributed by atoms with E-state index in [1.807, 2.05) is 0 Å². The van der Waals surface area contributed by atoms with Crippen LogP contribution in [0.15, 0.2) is 6.20 Å². The Morgan fingerprint density at radius 1 is 1.77 bits per heavy atom. The fraction of sp³-hybridized carbons (Fsp3) is 0.500. The second kappa shape index (κ2) is 2.76. The van der Waals surface area contributed by atoms with Gasteiger partial charge in [0.2, 0.25) is 5.82 Å². The van der Waals surface area contributed by atoms with Crippen LogP contribution in [0.1, 0.15) is 23.5 Å². The predicted molar refractivity (Wildman–Crippen MR) is 46.3 cm³/mol.